The molecular formula is C12H26N4O2. The second-order valence-electron chi connectivity index (χ2n) is 4.01. The topological polar surface area (TPSA) is 110 Å². The Hall–Kier alpha value is -1.24. The van der Waals surface area contributed by atoms with Crippen LogP contribution in [0.2, 0.25) is 0 Å². The summed E-state index contributed by atoms with van der Waals surface area (Å²) >= 11 is 0. The van der Waals surface area contributed by atoms with Crippen LogP contribution in [0, 0.1) is 0 Å². The summed E-state index contributed by atoms with van der Waals surface area (Å²) in [4.78, 5) is 20.2. The first-order valence-electron chi connectivity index (χ1n) is 5.99. The SMILES string of the molecule is C=C(C)C.NCCNCCN.O=C1CCC(=O)N1. The highest BCUT2D eigenvalue weighted by Crippen LogP contribution is 1.95. The zero-order chi connectivity index (χ0) is 14.4. The summed E-state index contributed by atoms with van der Waals surface area (Å²) in [5.74, 6) is -0.296. The number of nitrogens with two attached hydrogens (primary N) is 2. The molecule has 0 aromatic carbocycles. The van der Waals surface area contributed by atoms with Gasteiger partial charge in [0.15, 0.2) is 0 Å². The van der Waals surface area contributed by atoms with Crippen LogP contribution in [-0.2, 0) is 9.59 Å². The molecule has 6 heteroatoms. The molecule has 18 heavy (non-hydrogen) atoms. The Morgan fingerprint density at radius 1 is 1.17 bits per heavy atom. The van der Waals surface area contributed by atoms with Crippen molar-refractivity contribution >= 4 is 11.8 Å². The predicted octanol–water partition coefficient (Wildman–Crippen LogP) is -0.501. The molecule has 0 aromatic rings. The van der Waals surface area contributed by atoms with Crippen LogP contribution in [0.1, 0.15) is 26.7 Å². The van der Waals surface area contributed by atoms with E-state index in [9.17, 15) is 9.59 Å². The molecule has 1 rings (SSSR count). The predicted molar refractivity (Wildman–Crippen MR) is 73.9 cm³/mol. The molecule has 0 bridgehead atoms. The van der Waals surface area contributed by atoms with Crippen LogP contribution in [0.5, 0.6) is 0 Å². The van der Waals surface area contributed by atoms with Crippen molar-refractivity contribution in [2.24, 2.45) is 11.5 Å². The zero-order valence-corrected chi connectivity index (χ0v) is 11.4. The molecule has 1 saturated heterocycles. The van der Waals surface area contributed by atoms with Crippen LogP contribution in [0.25, 0.3) is 0 Å². The first-order valence-corrected chi connectivity index (χ1v) is 5.99. The highest BCUT2D eigenvalue weighted by atomic mass is 16.2. The van der Waals surface area contributed by atoms with Crippen molar-refractivity contribution in [2.45, 2.75) is 26.7 Å². The maximum atomic E-state index is 10.1. The Morgan fingerprint density at radius 3 is 1.67 bits per heavy atom. The lowest BCUT2D eigenvalue weighted by Crippen LogP contribution is -2.27. The molecular weight excluding hydrogens is 232 g/mol. The molecule has 1 fully saturated rings. The van der Waals surface area contributed by atoms with Gasteiger partial charge in [0.2, 0.25) is 11.8 Å². The van der Waals surface area contributed by atoms with Gasteiger partial charge in [0.05, 0.1) is 0 Å². The number of allylic oxidation sites excluding steroid dienone is 1. The Labute approximate surface area is 109 Å². The monoisotopic (exact) mass is 258 g/mol. The van der Waals surface area contributed by atoms with Gasteiger partial charge in [-0.25, -0.2) is 0 Å². The Morgan fingerprint density at radius 2 is 1.50 bits per heavy atom. The van der Waals surface area contributed by atoms with Crippen LogP contribution in [0.4, 0.5) is 0 Å². The van der Waals surface area contributed by atoms with Gasteiger partial charge >= 0.3 is 0 Å². The van der Waals surface area contributed by atoms with Gasteiger partial charge in [-0.1, -0.05) is 5.57 Å². The normalized spacial score (nSPS) is 12.9. The number of carbonyl (C=O) groups is 2. The number of imide groups is 1. The Balaban J connectivity index is 0. The second kappa shape index (κ2) is 13.8. The van der Waals surface area contributed by atoms with Gasteiger partial charge in [-0.3, -0.25) is 14.9 Å². The molecule has 0 radical (unpaired) electrons. The van der Waals surface area contributed by atoms with Crippen molar-refractivity contribution < 1.29 is 9.59 Å². The standard InChI is InChI=1S/C4H13N3.C4H5NO2.C4H8/c5-1-3-7-4-2-6;6-3-1-2-4(7)5-3;1-4(2)3/h7H,1-6H2;1-2H2,(H,5,6,7);1H2,2-3H3. The molecule has 6 nitrogen and oxygen atoms in total. The van der Waals surface area contributed by atoms with E-state index in [2.05, 4.69) is 17.2 Å². The number of carbonyl (C=O) groups excluding carboxylic acids is 2. The third-order valence-corrected chi connectivity index (χ3v) is 1.50. The molecule has 106 valence electrons. The molecule has 0 aliphatic carbocycles. The summed E-state index contributed by atoms with van der Waals surface area (Å²) in [7, 11) is 0. The van der Waals surface area contributed by atoms with Gasteiger partial charge in [0.25, 0.3) is 0 Å². The minimum Gasteiger partial charge on any atom is -0.329 e. The van der Waals surface area contributed by atoms with E-state index in [1.165, 1.54) is 5.57 Å². The molecule has 0 atom stereocenters. The minimum absolute atomic E-state index is 0.148. The van der Waals surface area contributed by atoms with Crippen molar-refractivity contribution in [3.8, 4) is 0 Å². The van der Waals surface area contributed by atoms with E-state index in [0.717, 1.165) is 13.1 Å². The first-order chi connectivity index (χ1) is 8.43. The van der Waals surface area contributed by atoms with Gasteiger partial charge in [0, 0.05) is 39.0 Å². The number of hydrogen-bond donors (Lipinski definition) is 4. The zero-order valence-electron chi connectivity index (χ0n) is 11.4. The maximum absolute atomic E-state index is 10.1. The fraction of sp³-hybridized carbons (Fsp3) is 0.667. The molecule has 0 spiro atoms. The number of amides is 2. The van der Waals surface area contributed by atoms with E-state index in [4.69, 9.17) is 11.5 Å². The fourth-order valence-corrected chi connectivity index (χ4v) is 0.837. The van der Waals surface area contributed by atoms with E-state index in [-0.39, 0.29) is 11.8 Å². The fourth-order valence-electron chi connectivity index (χ4n) is 0.837. The highest BCUT2D eigenvalue weighted by Gasteiger charge is 2.15. The van der Waals surface area contributed by atoms with Gasteiger partial charge in [-0.15, -0.1) is 6.58 Å². The lowest BCUT2D eigenvalue weighted by molar-refractivity contribution is -0.124. The number of rotatable bonds is 4. The van der Waals surface area contributed by atoms with Crippen LogP contribution in [0.3, 0.4) is 0 Å². The van der Waals surface area contributed by atoms with Crippen LogP contribution in [-0.4, -0.2) is 38.0 Å². The average Bonchev–Trinajstić information content (AvgIpc) is 2.63. The molecule has 6 N–H and O–H groups in total. The summed E-state index contributed by atoms with van der Waals surface area (Å²) in [5, 5.41) is 5.17. The molecule has 1 aliphatic rings. The molecule has 0 aromatic heterocycles. The molecule has 0 unspecified atom stereocenters. The summed E-state index contributed by atoms with van der Waals surface area (Å²) in [5.41, 5.74) is 11.5. The van der Waals surface area contributed by atoms with Gasteiger partial charge in [-0.05, 0) is 13.8 Å². The average molecular weight is 258 g/mol. The van der Waals surface area contributed by atoms with Crippen LogP contribution >= 0.6 is 0 Å². The summed E-state index contributed by atoms with van der Waals surface area (Å²) in [6.45, 7) is 10.6. The van der Waals surface area contributed by atoms with Crippen molar-refractivity contribution in [1.82, 2.24) is 10.6 Å². The van der Waals surface area contributed by atoms with Crippen molar-refractivity contribution in [1.29, 1.82) is 0 Å². The molecule has 1 aliphatic heterocycles. The minimum atomic E-state index is -0.148. The van der Waals surface area contributed by atoms with Gasteiger partial charge < -0.3 is 16.8 Å². The van der Waals surface area contributed by atoms with Gasteiger partial charge in [-0.2, -0.15) is 0 Å². The summed E-state index contributed by atoms with van der Waals surface area (Å²) in [6.07, 6.45) is 0.748. The van der Waals surface area contributed by atoms with Crippen molar-refractivity contribution in [3.63, 3.8) is 0 Å². The van der Waals surface area contributed by atoms with E-state index in [1.807, 2.05) is 13.8 Å². The third kappa shape index (κ3) is 20.2. The van der Waals surface area contributed by atoms with Crippen molar-refractivity contribution in [3.05, 3.63) is 12.2 Å². The van der Waals surface area contributed by atoms with E-state index >= 15 is 0 Å². The quantitative estimate of drug-likeness (QED) is 0.309. The molecule has 2 amide bonds. The Bertz CT molecular complexity index is 232. The van der Waals surface area contributed by atoms with Crippen molar-refractivity contribution in [2.75, 3.05) is 26.2 Å². The smallest absolute Gasteiger partial charge is 0.227 e. The van der Waals surface area contributed by atoms with E-state index in [0.29, 0.717) is 25.9 Å². The number of nitrogens with one attached hydrogen (secondary N) is 2. The van der Waals surface area contributed by atoms with E-state index in [1.54, 1.807) is 0 Å². The van der Waals surface area contributed by atoms with E-state index < -0.39 is 0 Å². The lowest BCUT2D eigenvalue weighted by atomic mass is 10.4. The highest BCUT2D eigenvalue weighted by molar-refractivity contribution is 6.01. The van der Waals surface area contributed by atoms with Gasteiger partial charge in [0.1, 0.15) is 0 Å². The Kier molecular flexibility index (Phi) is 14.7. The first kappa shape index (κ1) is 19.1. The third-order valence-electron chi connectivity index (χ3n) is 1.50. The summed E-state index contributed by atoms with van der Waals surface area (Å²) in [6, 6.07) is 0. The lowest BCUT2D eigenvalue weighted by Gasteiger charge is -1.95. The van der Waals surface area contributed by atoms with Crippen LogP contribution < -0.4 is 22.1 Å². The summed E-state index contributed by atoms with van der Waals surface area (Å²) < 4.78 is 0. The molecule has 0 saturated carbocycles. The second-order valence-corrected chi connectivity index (χ2v) is 4.01. The number of hydrogen-bond acceptors (Lipinski definition) is 5. The largest absolute Gasteiger partial charge is 0.329 e. The van der Waals surface area contributed by atoms with Crippen LogP contribution in [0.15, 0.2) is 12.2 Å². The maximum Gasteiger partial charge on any atom is 0.227 e. The molecule has 1 heterocycles.